The van der Waals surface area contributed by atoms with Crippen LogP contribution in [0, 0.1) is 0 Å². The van der Waals surface area contributed by atoms with Gasteiger partial charge in [0.25, 0.3) is 0 Å². The molecule has 0 bridgehead atoms. The highest BCUT2D eigenvalue weighted by atomic mass is 19.4. The van der Waals surface area contributed by atoms with Gasteiger partial charge >= 0.3 is 25.2 Å². The monoisotopic (exact) mass is 399 g/mol. The van der Waals surface area contributed by atoms with Crippen LogP contribution in [-0.4, -0.2) is 56.1 Å². The summed E-state index contributed by atoms with van der Waals surface area (Å²) < 4.78 is 50.3. The Kier molecular flexibility index (Phi) is 6.23. The number of carbonyl (C=O) groups is 3. The number of carbonyl (C=O) groups excluding carboxylic acids is 3. The van der Waals surface area contributed by atoms with Crippen molar-refractivity contribution in [2.75, 3.05) is 20.1 Å². The van der Waals surface area contributed by atoms with Crippen LogP contribution < -0.4 is 0 Å². The van der Waals surface area contributed by atoms with Crippen LogP contribution in [0.25, 0.3) is 0 Å². The van der Waals surface area contributed by atoms with Gasteiger partial charge in [0.05, 0.1) is 13.1 Å². The molecule has 10 heteroatoms. The molecule has 0 aliphatic carbocycles. The second-order valence-corrected chi connectivity index (χ2v) is 7.73. The highest BCUT2D eigenvalue weighted by Crippen LogP contribution is 2.38. The molecule has 0 amide bonds. The van der Waals surface area contributed by atoms with Gasteiger partial charge in [-0.2, -0.15) is 13.2 Å². The van der Waals surface area contributed by atoms with Crippen molar-refractivity contribution in [1.29, 1.82) is 0 Å². The summed E-state index contributed by atoms with van der Waals surface area (Å²) in [6.45, 7) is 4.97. The molecule has 6 nitrogen and oxygen atoms in total. The minimum Gasteiger partial charge on any atom is -0.498 e. The molecular formula is C18H21BF3NO5. The van der Waals surface area contributed by atoms with E-state index in [9.17, 15) is 27.6 Å². The van der Waals surface area contributed by atoms with Crippen molar-refractivity contribution in [3.63, 3.8) is 0 Å². The molecule has 0 N–H and O–H groups in total. The van der Waals surface area contributed by atoms with E-state index in [1.807, 2.05) is 20.8 Å². The maximum absolute atomic E-state index is 13.7. The fraction of sp³-hybridized carbons (Fsp3) is 0.500. The Labute approximate surface area is 161 Å². The van der Waals surface area contributed by atoms with Crippen LogP contribution in [0.2, 0.25) is 5.82 Å². The first kappa shape index (κ1) is 21.9. The minimum absolute atomic E-state index is 0.221. The van der Waals surface area contributed by atoms with Gasteiger partial charge in [-0.05, 0) is 18.0 Å². The molecule has 0 radical (unpaired) electrons. The van der Waals surface area contributed by atoms with Crippen molar-refractivity contribution in [1.82, 2.24) is 4.90 Å². The van der Waals surface area contributed by atoms with Gasteiger partial charge in [0, 0.05) is 5.56 Å². The Hall–Kier alpha value is -2.36. The van der Waals surface area contributed by atoms with Crippen molar-refractivity contribution in [3.8, 4) is 0 Å². The predicted molar refractivity (Wildman–Crippen MR) is 94.7 cm³/mol. The molecule has 0 aromatic heterocycles. The molecule has 0 unspecified atom stereocenters. The fourth-order valence-corrected chi connectivity index (χ4v) is 2.73. The Bertz CT molecular complexity index is 738. The predicted octanol–water partition coefficient (Wildman–Crippen LogP) is 2.62. The number of nitrogens with zero attached hydrogens (tertiary/aromatic N) is 1. The van der Waals surface area contributed by atoms with Crippen LogP contribution in [0.4, 0.5) is 13.2 Å². The molecule has 0 spiro atoms. The third-order valence-corrected chi connectivity index (χ3v) is 4.24. The lowest BCUT2D eigenvalue weighted by atomic mass is 9.67. The standard InChI is InChI=1S/C18H21BF3NO5/c1-17(2,3)12-7-5-11(6-8-12)15(26)16(18(20,21)22)19-27-13(24)9-23(4)10-14(25)28-19/h5-8,16H,9-10H2,1-4H3/t16-/m1/s1. The molecule has 1 saturated heterocycles. The van der Waals surface area contributed by atoms with E-state index in [1.54, 1.807) is 12.1 Å². The summed E-state index contributed by atoms with van der Waals surface area (Å²) in [6.07, 6.45) is -5.09. The van der Waals surface area contributed by atoms with Crippen LogP contribution in [0.5, 0.6) is 0 Å². The molecule has 152 valence electrons. The van der Waals surface area contributed by atoms with E-state index >= 15 is 0 Å². The smallest absolute Gasteiger partial charge is 0.498 e. The van der Waals surface area contributed by atoms with E-state index in [-0.39, 0.29) is 11.0 Å². The summed E-state index contributed by atoms with van der Waals surface area (Å²) >= 11 is 0. The van der Waals surface area contributed by atoms with Gasteiger partial charge in [0.1, 0.15) is 0 Å². The highest BCUT2D eigenvalue weighted by Gasteiger charge is 2.58. The fourth-order valence-electron chi connectivity index (χ4n) is 2.73. The van der Waals surface area contributed by atoms with Gasteiger partial charge in [-0.3, -0.25) is 19.3 Å². The van der Waals surface area contributed by atoms with Crippen molar-refractivity contribution in [2.24, 2.45) is 0 Å². The van der Waals surface area contributed by atoms with Crippen molar-refractivity contribution >= 4 is 24.8 Å². The molecule has 1 aliphatic heterocycles. The number of likely N-dealkylation sites (N-methyl/N-ethyl adjacent to an activating group) is 1. The second-order valence-electron chi connectivity index (χ2n) is 7.73. The second kappa shape index (κ2) is 7.94. The number of hydrogen-bond donors (Lipinski definition) is 0. The van der Waals surface area contributed by atoms with Crippen molar-refractivity contribution < 1.29 is 36.9 Å². The third-order valence-electron chi connectivity index (χ3n) is 4.24. The molecule has 28 heavy (non-hydrogen) atoms. The van der Waals surface area contributed by atoms with Crippen LogP contribution in [0.1, 0.15) is 36.7 Å². The van der Waals surface area contributed by atoms with Crippen LogP contribution in [0.15, 0.2) is 24.3 Å². The topological polar surface area (TPSA) is 72.9 Å². The summed E-state index contributed by atoms with van der Waals surface area (Å²) in [5.74, 6) is -6.20. The molecular weight excluding hydrogens is 378 g/mol. The van der Waals surface area contributed by atoms with Crippen LogP contribution in [0.3, 0.4) is 0 Å². The first-order valence-corrected chi connectivity index (χ1v) is 8.58. The molecule has 1 atom stereocenters. The van der Waals surface area contributed by atoms with Crippen molar-refractivity contribution in [2.45, 2.75) is 38.2 Å². The number of halogens is 3. The first-order valence-electron chi connectivity index (χ1n) is 8.58. The summed E-state index contributed by atoms with van der Waals surface area (Å²) in [7, 11) is -0.963. The van der Waals surface area contributed by atoms with E-state index in [1.165, 1.54) is 24.1 Å². The molecule has 0 saturated carbocycles. The SMILES string of the molecule is CN1CC(=O)OB([C@H](C(=O)c2ccc(C(C)(C)C)cc2)C(F)(F)F)OC(=O)C1. The van der Waals surface area contributed by atoms with E-state index in [2.05, 4.69) is 9.31 Å². The van der Waals surface area contributed by atoms with Crippen LogP contribution in [-0.2, 0) is 24.3 Å². The quantitative estimate of drug-likeness (QED) is 0.575. The number of alkyl halides is 3. The largest absolute Gasteiger partial charge is 0.619 e. The average molecular weight is 399 g/mol. The molecule has 1 aromatic carbocycles. The Morgan fingerprint density at radius 3 is 1.89 bits per heavy atom. The van der Waals surface area contributed by atoms with E-state index in [0.29, 0.717) is 0 Å². The Morgan fingerprint density at radius 2 is 1.50 bits per heavy atom. The van der Waals surface area contributed by atoms with Gasteiger partial charge in [-0.1, -0.05) is 45.0 Å². The van der Waals surface area contributed by atoms with Gasteiger partial charge in [0.15, 0.2) is 11.6 Å². The third kappa shape index (κ3) is 5.34. The molecule has 1 aliphatic rings. The number of Topliss-reactive ketones (excluding diaryl/α,β-unsaturated/α-hetero) is 1. The normalized spacial score (nSPS) is 18.0. The van der Waals surface area contributed by atoms with E-state index < -0.39 is 49.9 Å². The lowest BCUT2D eigenvalue weighted by Crippen LogP contribution is -2.49. The van der Waals surface area contributed by atoms with E-state index in [4.69, 9.17) is 0 Å². The lowest BCUT2D eigenvalue weighted by Gasteiger charge is -2.27. The molecule has 1 aromatic rings. The maximum Gasteiger partial charge on any atom is 0.619 e. The Morgan fingerprint density at radius 1 is 1.04 bits per heavy atom. The number of hydrogen-bond acceptors (Lipinski definition) is 6. The molecule has 2 rings (SSSR count). The Balaban J connectivity index is 2.36. The van der Waals surface area contributed by atoms with E-state index in [0.717, 1.165) is 5.56 Å². The first-order chi connectivity index (χ1) is 12.8. The number of benzene rings is 1. The zero-order valence-corrected chi connectivity index (χ0v) is 16.0. The zero-order chi connectivity index (χ0) is 21.3. The molecule has 1 fully saturated rings. The minimum atomic E-state index is -5.09. The summed E-state index contributed by atoms with van der Waals surface area (Å²) in [6, 6.07) is 5.68. The zero-order valence-electron chi connectivity index (χ0n) is 16.0. The maximum atomic E-state index is 13.7. The number of rotatable bonds is 3. The van der Waals surface area contributed by atoms with Gasteiger partial charge in [0.2, 0.25) is 0 Å². The number of ketones is 1. The van der Waals surface area contributed by atoms with Crippen molar-refractivity contribution in [3.05, 3.63) is 35.4 Å². The van der Waals surface area contributed by atoms with Gasteiger partial charge < -0.3 is 9.31 Å². The summed E-state index contributed by atoms with van der Waals surface area (Å²) in [5.41, 5.74) is 0.364. The van der Waals surface area contributed by atoms with Crippen LogP contribution >= 0.6 is 0 Å². The average Bonchev–Trinajstić information content (AvgIpc) is 2.51. The van der Waals surface area contributed by atoms with Gasteiger partial charge in [-0.25, -0.2) is 0 Å². The van der Waals surface area contributed by atoms with Gasteiger partial charge in [-0.15, -0.1) is 0 Å². The summed E-state index contributed by atoms with van der Waals surface area (Å²) in [5, 5.41) is 0. The summed E-state index contributed by atoms with van der Waals surface area (Å²) in [4.78, 5) is 37.4. The lowest BCUT2D eigenvalue weighted by molar-refractivity contribution is -0.150. The molecule has 1 heterocycles. The highest BCUT2D eigenvalue weighted by molar-refractivity contribution is 6.57.